The van der Waals surface area contributed by atoms with Crippen molar-refractivity contribution < 1.29 is 8.78 Å². The van der Waals surface area contributed by atoms with Crippen LogP contribution in [0, 0.1) is 6.92 Å². The Morgan fingerprint density at radius 1 is 0.923 bits per heavy atom. The van der Waals surface area contributed by atoms with Crippen molar-refractivity contribution in [2.24, 2.45) is 0 Å². The molecule has 2 heteroatoms. The van der Waals surface area contributed by atoms with Gasteiger partial charge in [0.1, 0.15) is 0 Å². The maximum atomic E-state index is 12.8. The third kappa shape index (κ3) is 3.22. The molecule has 138 valence electrons. The van der Waals surface area contributed by atoms with Gasteiger partial charge in [0.25, 0.3) is 6.43 Å². The van der Waals surface area contributed by atoms with Crippen molar-refractivity contribution in [2.45, 2.75) is 64.7 Å². The molecule has 0 heterocycles. The standard InChI is InChI=1S/C24H28F2/c1-15-13-20-21(24(5,6)12-11-23(20,3)4)14-19(15)16(2)17-7-9-18(10-8-17)22(25)26/h7-10,13-14,22H,2,11-12H2,1,3-6H3. The monoisotopic (exact) mass is 354 g/mol. The van der Waals surface area contributed by atoms with E-state index in [0.29, 0.717) is 0 Å². The number of alkyl halides is 2. The Balaban J connectivity index is 2.07. The number of rotatable bonds is 3. The molecule has 3 rings (SSSR count). The summed E-state index contributed by atoms with van der Waals surface area (Å²) in [5.74, 6) is 0. The smallest absolute Gasteiger partial charge is 0.205 e. The van der Waals surface area contributed by atoms with Crippen molar-refractivity contribution in [3.63, 3.8) is 0 Å². The van der Waals surface area contributed by atoms with Crippen LogP contribution in [-0.4, -0.2) is 0 Å². The molecule has 0 aliphatic heterocycles. The second kappa shape index (κ2) is 6.33. The molecular formula is C24H28F2. The summed E-state index contributed by atoms with van der Waals surface area (Å²) in [4.78, 5) is 0. The summed E-state index contributed by atoms with van der Waals surface area (Å²) in [6.07, 6.45) is -0.0989. The first-order chi connectivity index (χ1) is 12.0. The van der Waals surface area contributed by atoms with Crippen molar-refractivity contribution in [3.8, 4) is 0 Å². The van der Waals surface area contributed by atoms with Crippen LogP contribution in [0.25, 0.3) is 5.57 Å². The number of benzene rings is 2. The first kappa shape index (κ1) is 18.8. The van der Waals surface area contributed by atoms with E-state index in [1.54, 1.807) is 12.1 Å². The molecule has 0 fully saturated rings. The normalized spacial score (nSPS) is 17.8. The largest absolute Gasteiger partial charge is 0.263 e. The number of halogens is 2. The first-order valence-electron chi connectivity index (χ1n) is 9.26. The molecule has 2 aromatic rings. The predicted molar refractivity (Wildman–Crippen MR) is 106 cm³/mol. The Labute approximate surface area is 156 Å². The van der Waals surface area contributed by atoms with E-state index in [9.17, 15) is 8.78 Å². The van der Waals surface area contributed by atoms with Gasteiger partial charge >= 0.3 is 0 Å². The van der Waals surface area contributed by atoms with Crippen molar-refractivity contribution in [3.05, 3.63) is 76.4 Å². The topological polar surface area (TPSA) is 0 Å². The highest BCUT2D eigenvalue weighted by Crippen LogP contribution is 2.47. The fraction of sp³-hybridized carbons (Fsp3) is 0.417. The highest BCUT2D eigenvalue weighted by Gasteiger charge is 2.37. The van der Waals surface area contributed by atoms with Crippen LogP contribution >= 0.6 is 0 Å². The number of hydrogen-bond acceptors (Lipinski definition) is 0. The van der Waals surface area contributed by atoms with Crippen LogP contribution in [-0.2, 0) is 10.8 Å². The Morgan fingerprint density at radius 3 is 1.92 bits per heavy atom. The van der Waals surface area contributed by atoms with E-state index >= 15 is 0 Å². The summed E-state index contributed by atoms with van der Waals surface area (Å²) in [6, 6.07) is 11.1. The first-order valence-corrected chi connectivity index (χ1v) is 9.26. The summed E-state index contributed by atoms with van der Waals surface area (Å²) in [7, 11) is 0. The molecule has 0 saturated heterocycles. The number of fused-ring (bicyclic) bond motifs is 1. The lowest BCUT2D eigenvalue weighted by molar-refractivity contribution is 0.151. The minimum Gasteiger partial charge on any atom is -0.205 e. The average Bonchev–Trinajstić information content (AvgIpc) is 2.58. The van der Waals surface area contributed by atoms with Crippen LogP contribution in [0.4, 0.5) is 8.78 Å². The van der Waals surface area contributed by atoms with E-state index in [2.05, 4.69) is 53.3 Å². The van der Waals surface area contributed by atoms with Crippen LogP contribution in [0.15, 0.2) is 43.0 Å². The van der Waals surface area contributed by atoms with Gasteiger partial charge in [-0.2, -0.15) is 0 Å². The van der Waals surface area contributed by atoms with E-state index in [-0.39, 0.29) is 16.4 Å². The zero-order valence-corrected chi connectivity index (χ0v) is 16.4. The zero-order chi connectivity index (χ0) is 19.3. The van der Waals surface area contributed by atoms with Crippen LogP contribution < -0.4 is 0 Å². The highest BCUT2D eigenvalue weighted by molar-refractivity contribution is 5.80. The fourth-order valence-electron chi connectivity index (χ4n) is 4.03. The highest BCUT2D eigenvalue weighted by atomic mass is 19.3. The number of aryl methyl sites for hydroxylation is 1. The van der Waals surface area contributed by atoms with Gasteiger partial charge in [0.15, 0.2) is 0 Å². The van der Waals surface area contributed by atoms with Crippen LogP contribution in [0.5, 0.6) is 0 Å². The molecule has 0 spiro atoms. The lowest BCUT2D eigenvalue weighted by atomic mass is 9.62. The van der Waals surface area contributed by atoms with E-state index in [1.807, 2.05) is 0 Å². The third-order valence-corrected chi connectivity index (χ3v) is 6.03. The summed E-state index contributed by atoms with van der Waals surface area (Å²) >= 11 is 0. The van der Waals surface area contributed by atoms with Gasteiger partial charge in [-0.3, -0.25) is 0 Å². The van der Waals surface area contributed by atoms with E-state index in [4.69, 9.17) is 0 Å². The van der Waals surface area contributed by atoms with Gasteiger partial charge in [-0.1, -0.05) is 70.7 Å². The molecule has 0 bridgehead atoms. The second-order valence-electron chi connectivity index (χ2n) is 8.88. The molecule has 0 unspecified atom stereocenters. The summed E-state index contributed by atoms with van der Waals surface area (Å²) < 4.78 is 25.6. The molecule has 0 saturated carbocycles. The van der Waals surface area contributed by atoms with Crippen molar-refractivity contribution in [1.29, 1.82) is 0 Å². The van der Waals surface area contributed by atoms with Crippen molar-refractivity contribution in [1.82, 2.24) is 0 Å². The summed E-state index contributed by atoms with van der Waals surface area (Å²) in [6.45, 7) is 15.6. The van der Waals surface area contributed by atoms with Gasteiger partial charge in [-0.05, 0) is 64.0 Å². The van der Waals surface area contributed by atoms with Crippen LogP contribution in [0.3, 0.4) is 0 Å². The average molecular weight is 354 g/mol. The van der Waals surface area contributed by atoms with Gasteiger partial charge in [0.2, 0.25) is 0 Å². The molecule has 0 atom stereocenters. The van der Waals surface area contributed by atoms with E-state index < -0.39 is 6.43 Å². The minimum absolute atomic E-state index is 0.0478. The molecule has 0 aromatic heterocycles. The van der Waals surface area contributed by atoms with E-state index in [1.165, 1.54) is 35.2 Å². The minimum atomic E-state index is -2.44. The summed E-state index contributed by atoms with van der Waals surface area (Å²) in [5, 5.41) is 0. The Morgan fingerprint density at radius 2 is 1.42 bits per heavy atom. The van der Waals surface area contributed by atoms with Gasteiger partial charge in [-0.25, -0.2) is 8.78 Å². The fourth-order valence-corrected chi connectivity index (χ4v) is 4.03. The molecule has 0 N–H and O–H groups in total. The molecule has 0 nitrogen and oxygen atoms in total. The Hall–Kier alpha value is -1.96. The van der Waals surface area contributed by atoms with Crippen LogP contribution in [0.1, 0.15) is 80.3 Å². The quantitative estimate of drug-likeness (QED) is 0.541. The second-order valence-corrected chi connectivity index (χ2v) is 8.88. The maximum absolute atomic E-state index is 12.8. The van der Waals surface area contributed by atoms with E-state index in [0.717, 1.165) is 23.1 Å². The zero-order valence-electron chi connectivity index (χ0n) is 16.4. The molecule has 0 amide bonds. The predicted octanol–water partition coefficient (Wildman–Crippen LogP) is 7.34. The van der Waals surface area contributed by atoms with Crippen LogP contribution in [0.2, 0.25) is 0 Å². The molecule has 1 aliphatic carbocycles. The molecule has 26 heavy (non-hydrogen) atoms. The van der Waals surface area contributed by atoms with Gasteiger partial charge in [0, 0.05) is 5.56 Å². The molecule has 2 aromatic carbocycles. The van der Waals surface area contributed by atoms with Crippen molar-refractivity contribution >= 4 is 5.57 Å². The Kier molecular flexibility index (Phi) is 4.58. The molecule has 1 aliphatic rings. The van der Waals surface area contributed by atoms with Gasteiger partial charge in [-0.15, -0.1) is 0 Å². The molecular weight excluding hydrogens is 326 g/mol. The molecule has 0 radical (unpaired) electrons. The number of hydrogen-bond donors (Lipinski definition) is 0. The van der Waals surface area contributed by atoms with Gasteiger partial charge in [0.05, 0.1) is 0 Å². The SMILES string of the molecule is C=C(c1ccc(C(F)F)cc1)c1cc2c(cc1C)C(C)(C)CCC2(C)C. The van der Waals surface area contributed by atoms with Gasteiger partial charge < -0.3 is 0 Å². The lowest BCUT2D eigenvalue weighted by Crippen LogP contribution is -2.34. The Bertz CT molecular complexity index is 839. The lowest BCUT2D eigenvalue weighted by Gasteiger charge is -2.42. The third-order valence-electron chi connectivity index (χ3n) is 6.03. The maximum Gasteiger partial charge on any atom is 0.263 e. The van der Waals surface area contributed by atoms with Crippen molar-refractivity contribution in [2.75, 3.05) is 0 Å². The summed E-state index contributed by atoms with van der Waals surface area (Å²) in [5.41, 5.74) is 7.26.